The molecule has 0 saturated carbocycles. The van der Waals surface area contributed by atoms with E-state index >= 15 is 0 Å². The lowest BCUT2D eigenvalue weighted by Crippen LogP contribution is -2.41. The Hall–Kier alpha value is -1.92. The third kappa shape index (κ3) is 5.94. The summed E-state index contributed by atoms with van der Waals surface area (Å²) in [5.74, 6) is -0.0672. The number of carbonyl (C=O) groups is 2. The Morgan fingerprint density at radius 3 is 2.42 bits per heavy atom. The van der Waals surface area contributed by atoms with Crippen molar-refractivity contribution in [2.45, 2.75) is 20.4 Å². The van der Waals surface area contributed by atoms with Crippen molar-refractivity contribution in [1.82, 2.24) is 15.5 Å². The van der Waals surface area contributed by atoms with Crippen LogP contribution in [0.15, 0.2) is 24.3 Å². The number of rotatable bonds is 7. The van der Waals surface area contributed by atoms with Gasteiger partial charge in [-0.1, -0.05) is 26.0 Å². The first-order valence-corrected chi connectivity index (χ1v) is 8.51. The fraction of sp³-hybridized carbons (Fsp3) is 0.556. The fourth-order valence-electron chi connectivity index (χ4n) is 2.42. The van der Waals surface area contributed by atoms with Crippen molar-refractivity contribution in [2.24, 2.45) is 5.92 Å². The number of nitrogens with zero attached hydrogens (tertiary/aromatic N) is 1. The Morgan fingerprint density at radius 2 is 1.79 bits per heavy atom. The molecule has 0 bridgehead atoms. The van der Waals surface area contributed by atoms with Gasteiger partial charge in [0.2, 0.25) is 5.91 Å². The van der Waals surface area contributed by atoms with E-state index in [-0.39, 0.29) is 17.7 Å². The number of amides is 2. The van der Waals surface area contributed by atoms with Crippen LogP contribution in [0, 0.1) is 5.92 Å². The van der Waals surface area contributed by atoms with Gasteiger partial charge in [-0.2, -0.15) is 0 Å². The third-order valence-corrected chi connectivity index (χ3v) is 4.02. The van der Waals surface area contributed by atoms with Gasteiger partial charge in [-0.05, 0) is 17.7 Å². The average molecular weight is 333 g/mol. The van der Waals surface area contributed by atoms with Crippen LogP contribution in [0.3, 0.4) is 0 Å². The van der Waals surface area contributed by atoms with Crippen LogP contribution < -0.4 is 10.6 Å². The molecule has 2 N–H and O–H groups in total. The van der Waals surface area contributed by atoms with Gasteiger partial charge in [0, 0.05) is 44.2 Å². The summed E-state index contributed by atoms with van der Waals surface area (Å²) in [6.45, 7) is 9.06. The zero-order valence-electron chi connectivity index (χ0n) is 14.5. The Bertz CT molecular complexity index is 537. The van der Waals surface area contributed by atoms with Gasteiger partial charge in [0.25, 0.3) is 5.91 Å². The highest BCUT2D eigenvalue weighted by Crippen LogP contribution is 2.05. The smallest absolute Gasteiger partial charge is 0.251 e. The lowest BCUT2D eigenvalue weighted by molar-refractivity contribution is -0.124. The summed E-state index contributed by atoms with van der Waals surface area (Å²) in [5, 5.41) is 5.80. The minimum absolute atomic E-state index is 0.0264. The van der Waals surface area contributed by atoms with E-state index in [4.69, 9.17) is 4.74 Å². The summed E-state index contributed by atoms with van der Waals surface area (Å²) in [7, 11) is 0. The first-order chi connectivity index (χ1) is 11.6. The van der Waals surface area contributed by atoms with Crippen molar-refractivity contribution in [3.8, 4) is 0 Å². The summed E-state index contributed by atoms with van der Waals surface area (Å²) < 4.78 is 5.30. The quantitative estimate of drug-likeness (QED) is 0.782. The van der Waals surface area contributed by atoms with E-state index < -0.39 is 0 Å². The molecule has 132 valence electrons. The fourth-order valence-corrected chi connectivity index (χ4v) is 2.42. The molecule has 0 atom stereocenters. The second-order valence-electron chi connectivity index (χ2n) is 6.28. The topological polar surface area (TPSA) is 70.7 Å². The van der Waals surface area contributed by atoms with Gasteiger partial charge in [0.15, 0.2) is 0 Å². The molecule has 6 nitrogen and oxygen atoms in total. The molecule has 0 aliphatic carbocycles. The van der Waals surface area contributed by atoms with Gasteiger partial charge < -0.3 is 15.4 Å². The van der Waals surface area contributed by atoms with Crippen LogP contribution >= 0.6 is 0 Å². The minimum Gasteiger partial charge on any atom is -0.379 e. The maximum atomic E-state index is 12.1. The van der Waals surface area contributed by atoms with Crippen molar-refractivity contribution in [2.75, 3.05) is 39.4 Å². The molecule has 1 aromatic carbocycles. The molecule has 1 saturated heterocycles. The number of benzene rings is 1. The van der Waals surface area contributed by atoms with Gasteiger partial charge in [-0.25, -0.2) is 0 Å². The highest BCUT2D eigenvalue weighted by molar-refractivity contribution is 5.94. The summed E-state index contributed by atoms with van der Waals surface area (Å²) in [6, 6.07) is 7.33. The van der Waals surface area contributed by atoms with E-state index in [0.29, 0.717) is 18.7 Å². The number of carbonyl (C=O) groups excluding carboxylic acids is 2. The van der Waals surface area contributed by atoms with Crippen molar-refractivity contribution in [3.05, 3.63) is 35.4 Å². The molecule has 1 aliphatic rings. The molecule has 0 aromatic heterocycles. The molecule has 1 aromatic rings. The zero-order chi connectivity index (χ0) is 17.4. The van der Waals surface area contributed by atoms with Crippen molar-refractivity contribution in [1.29, 1.82) is 0 Å². The monoisotopic (exact) mass is 333 g/mol. The number of ether oxygens (including phenoxy) is 1. The van der Waals surface area contributed by atoms with Crippen molar-refractivity contribution in [3.63, 3.8) is 0 Å². The molecule has 6 heteroatoms. The molecule has 24 heavy (non-hydrogen) atoms. The Morgan fingerprint density at radius 1 is 1.12 bits per heavy atom. The molecule has 0 spiro atoms. The molecule has 2 amide bonds. The molecule has 0 radical (unpaired) electrons. The summed E-state index contributed by atoms with van der Waals surface area (Å²) in [6.07, 6.45) is 0. The minimum atomic E-state index is -0.0685. The first kappa shape index (κ1) is 18.4. The van der Waals surface area contributed by atoms with Crippen LogP contribution in [0.4, 0.5) is 0 Å². The van der Waals surface area contributed by atoms with E-state index in [1.165, 1.54) is 0 Å². The zero-order valence-corrected chi connectivity index (χ0v) is 14.5. The number of morpholine rings is 1. The third-order valence-electron chi connectivity index (χ3n) is 4.02. The van der Waals surface area contributed by atoms with Crippen LogP contribution in [0.5, 0.6) is 0 Å². The van der Waals surface area contributed by atoms with Gasteiger partial charge in [0.05, 0.1) is 13.2 Å². The number of nitrogens with one attached hydrogen (secondary N) is 2. The standard InChI is InChI=1S/C18H27N3O3/c1-14(2)17(22)20-13-15-3-5-16(6-4-15)18(23)19-7-8-21-9-11-24-12-10-21/h3-6,14H,7-13H2,1-2H3,(H,19,23)(H,20,22). The van der Waals surface area contributed by atoms with Gasteiger partial charge in [-0.3, -0.25) is 14.5 Å². The Labute approximate surface area is 143 Å². The van der Waals surface area contributed by atoms with E-state index in [2.05, 4.69) is 15.5 Å². The first-order valence-electron chi connectivity index (χ1n) is 8.51. The number of hydrogen-bond acceptors (Lipinski definition) is 4. The average Bonchev–Trinajstić information content (AvgIpc) is 2.60. The summed E-state index contributed by atoms with van der Waals surface area (Å²) >= 11 is 0. The normalized spacial score (nSPS) is 15.3. The molecular weight excluding hydrogens is 306 g/mol. The van der Waals surface area contributed by atoms with Gasteiger partial charge >= 0.3 is 0 Å². The van der Waals surface area contributed by atoms with Crippen LogP contribution in [0.1, 0.15) is 29.8 Å². The number of hydrogen-bond donors (Lipinski definition) is 2. The van der Waals surface area contributed by atoms with Gasteiger partial charge in [-0.15, -0.1) is 0 Å². The highest BCUT2D eigenvalue weighted by atomic mass is 16.5. The molecule has 1 fully saturated rings. The van der Waals surface area contributed by atoms with Crippen molar-refractivity contribution >= 4 is 11.8 Å². The lowest BCUT2D eigenvalue weighted by atomic mass is 10.1. The largest absolute Gasteiger partial charge is 0.379 e. The SMILES string of the molecule is CC(C)C(=O)NCc1ccc(C(=O)NCCN2CCOCC2)cc1. The van der Waals surface area contributed by atoms with E-state index in [1.807, 2.05) is 26.0 Å². The second-order valence-corrected chi connectivity index (χ2v) is 6.28. The molecule has 1 heterocycles. The Balaban J connectivity index is 1.73. The predicted octanol–water partition coefficient (Wildman–Crippen LogP) is 1.02. The van der Waals surface area contributed by atoms with Crippen LogP contribution in [-0.4, -0.2) is 56.1 Å². The Kier molecular flexibility index (Phi) is 7.21. The summed E-state index contributed by atoms with van der Waals surface area (Å²) in [5.41, 5.74) is 1.62. The second kappa shape index (κ2) is 9.39. The van der Waals surface area contributed by atoms with Crippen LogP contribution in [0.25, 0.3) is 0 Å². The van der Waals surface area contributed by atoms with Crippen LogP contribution in [-0.2, 0) is 16.1 Å². The van der Waals surface area contributed by atoms with E-state index in [0.717, 1.165) is 38.4 Å². The van der Waals surface area contributed by atoms with E-state index in [1.54, 1.807) is 12.1 Å². The molecule has 1 aliphatic heterocycles. The maximum absolute atomic E-state index is 12.1. The van der Waals surface area contributed by atoms with Gasteiger partial charge in [0.1, 0.15) is 0 Å². The molecule has 0 unspecified atom stereocenters. The predicted molar refractivity (Wildman–Crippen MR) is 92.7 cm³/mol. The van der Waals surface area contributed by atoms with Crippen molar-refractivity contribution < 1.29 is 14.3 Å². The van der Waals surface area contributed by atoms with Crippen LogP contribution in [0.2, 0.25) is 0 Å². The highest BCUT2D eigenvalue weighted by Gasteiger charge is 2.11. The summed E-state index contributed by atoms with van der Waals surface area (Å²) in [4.78, 5) is 26.0. The molecular formula is C18H27N3O3. The maximum Gasteiger partial charge on any atom is 0.251 e. The molecule has 2 rings (SSSR count). The van der Waals surface area contributed by atoms with E-state index in [9.17, 15) is 9.59 Å². The lowest BCUT2D eigenvalue weighted by Gasteiger charge is -2.26.